The van der Waals surface area contributed by atoms with Crippen LogP contribution in [0.1, 0.15) is 37.4 Å². The first-order valence-corrected chi connectivity index (χ1v) is 11.5. The lowest BCUT2D eigenvalue weighted by molar-refractivity contribution is -0.120. The number of hydrogen-bond donors (Lipinski definition) is 1. The number of nitrogens with zero attached hydrogens (tertiary/aromatic N) is 1. The van der Waals surface area contributed by atoms with Gasteiger partial charge in [-0.3, -0.25) is 9.10 Å². The van der Waals surface area contributed by atoms with Crippen LogP contribution >= 0.6 is 0 Å². The van der Waals surface area contributed by atoms with E-state index in [4.69, 9.17) is 9.47 Å². The molecule has 0 fully saturated rings. The number of anilines is 1. The van der Waals surface area contributed by atoms with Gasteiger partial charge in [-0.25, -0.2) is 8.42 Å². The molecule has 1 atom stereocenters. The molecule has 0 saturated carbocycles. The van der Waals surface area contributed by atoms with Crippen LogP contribution in [0.4, 0.5) is 5.69 Å². The van der Waals surface area contributed by atoms with Crippen molar-refractivity contribution in [1.82, 2.24) is 5.32 Å². The lowest BCUT2D eigenvalue weighted by atomic mass is 9.89. The second-order valence-corrected chi connectivity index (χ2v) is 10.1. The van der Waals surface area contributed by atoms with Gasteiger partial charge in [-0.05, 0) is 44.5 Å². The lowest BCUT2D eigenvalue weighted by Gasteiger charge is -2.38. The molecule has 0 bridgehead atoms. The molecule has 0 unspecified atom stereocenters. The van der Waals surface area contributed by atoms with E-state index in [2.05, 4.69) is 5.32 Å². The number of sulfonamides is 1. The molecule has 162 valence electrons. The zero-order valence-electron chi connectivity index (χ0n) is 17.9. The van der Waals surface area contributed by atoms with E-state index in [0.717, 1.165) is 27.4 Å². The number of nitrogens with one attached hydrogen (secondary N) is 1. The van der Waals surface area contributed by atoms with Crippen molar-refractivity contribution in [3.63, 3.8) is 0 Å². The summed E-state index contributed by atoms with van der Waals surface area (Å²) in [4.78, 5) is 12.9. The fraction of sp³-hybridized carbons (Fsp3) is 0.409. The molecule has 1 aliphatic rings. The molecule has 1 amide bonds. The molecule has 1 heterocycles. The van der Waals surface area contributed by atoms with Crippen molar-refractivity contribution in [1.29, 1.82) is 0 Å². The molecule has 7 nitrogen and oxygen atoms in total. The van der Waals surface area contributed by atoms with Crippen molar-refractivity contribution in [2.75, 3.05) is 24.2 Å². The predicted octanol–water partition coefficient (Wildman–Crippen LogP) is 3.19. The molecule has 1 aliphatic heterocycles. The van der Waals surface area contributed by atoms with Gasteiger partial charge in [-0.15, -0.1) is 0 Å². The Kier molecular flexibility index (Phi) is 5.99. The Morgan fingerprint density at radius 1 is 1.27 bits per heavy atom. The average molecular weight is 433 g/mol. The van der Waals surface area contributed by atoms with E-state index in [1.54, 1.807) is 12.1 Å². The highest BCUT2D eigenvalue weighted by Crippen LogP contribution is 2.39. The Hall–Kier alpha value is -2.74. The average Bonchev–Trinajstić information content (AvgIpc) is 2.64. The van der Waals surface area contributed by atoms with Crippen molar-refractivity contribution >= 4 is 21.6 Å². The van der Waals surface area contributed by atoms with Crippen molar-refractivity contribution < 1.29 is 22.7 Å². The second-order valence-electron chi connectivity index (χ2n) is 8.17. The van der Waals surface area contributed by atoms with Crippen LogP contribution in [-0.2, 0) is 14.8 Å². The maximum atomic E-state index is 12.9. The highest BCUT2D eigenvalue weighted by Gasteiger charge is 2.35. The Balaban J connectivity index is 1.87. The van der Waals surface area contributed by atoms with Gasteiger partial charge in [0.2, 0.25) is 15.9 Å². The summed E-state index contributed by atoms with van der Waals surface area (Å²) in [6.45, 7) is 5.42. The number of ether oxygens (including phenoxy) is 2. The number of amides is 1. The van der Waals surface area contributed by atoms with Gasteiger partial charge in [0.15, 0.2) is 0 Å². The van der Waals surface area contributed by atoms with Crippen LogP contribution < -0.4 is 19.1 Å². The largest absolute Gasteiger partial charge is 0.495 e. The van der Waals surface area contributed by atoms with Crippen molar-refractivity contribution in [3.8, 4) is 11.5 Å². The van der Waals surface area contributed by atoms with Crippen LogP contribution in [0, 0.1) is 6.92 Å². The third-order valence-electron chi connectivity index (χ3n) is 5.00. The number of carbonyl (C=O) groups excluding carboxylic acids is 1. The quantitative estimate of drug-likeness (QED) is 0.758. The van der Waals surface area contributed by atoms with Gasteiger partial charge in [0.05, 0.1) is 25.1 Å². The predicted molar refractivity (Wildman–Crippen MR) is 117 cm³/mol. The molecular weight excluding hydrogens is 404 g/mol. The highest BCUT2D eigenvalue weighted by atomic mass is 32.2. The van der Waals surface area contributed by atoms with Gasteiger partial charge < -0.3 is 14.8 Å². The van der Waals surface area contributed by atoms with Crippen LogP contribution in [0.15, 0.2) is 42.5 Å². The van der Waals surface area contributed by atoms with E-state index in [0.29, 0.717) is 17.9 Å². The number of para-hydroxylation sites is 1. The monoisotopic (exact) mass is 432 g/mol. The van der Waals surface area contributed by atoms with Gasteiger partial charge in [0.1, 0.15) is 23.6 Å². The topological polar surface area (TPSA) is 84.9 Å². The van der Waals surface area contributed by atoms with Crippen LogP contribution in [0.2, 0.25) is 0 Å². The molecule has 2 aromatic carbocycles. The number of rotatable bonds is 6. The van der Waals surface area contributed by atoms with Crippen LogP contribution in [-0.4, -0.2) is 39.8 Å². The third-order valence-corrected chi connectivity index (χ3v) is 6.13. The number of fused-ring (bicyclic) bond motifs is 1. The van der Waals surface area contributed by atoms with Crippen molar-refractivity contribution in [2.45, 2.75) is 38.8 Å². The SMILES string of the molecule is COc1ccc(C)cc1N(CC(=O)N[C@@H]1CC(C)(C)Oc2ccccc21)S(C)(=O)=O. The summed E-state index contributed by atoms with van der Waals surface area (Å²) < 4.78 is 37.4. The smallest absolute Gasteiger partial charge is 0.241 e. The Bertz CT molecular complexity index is 1050. The molecule has 1 N–H and O–H groups in total. The molecule has 0 aliphatic carbocycles. The first-order chi connectivity index (χ1) is 14.0. The maximum Gasteiger partial charge on any atom is 0.241 e. The van der Waals surface area contributed by atoms with Gasteiger partial charge in [-0.1, -0.05) is 24.3 Å². The molecule has 8 heteroatoms. The molecule has 30 heavy (non-hydrogen) atoms. The third kappa shape index (κ3) is 4.87. The van der Waals surface area contributed by atoms with Gasteiger partial charge in [0, 0.05) is 12.0 Å². The fourth-order valence-electron chi connectivity index (χ4n) is 3.68. The normalized spacial score (nSPS) is 17.4. The van der Waals surface area contributed by atoms with E-state index in [9.17, 15) is 13.2 Å². The van der Waals surface area contributed by atoms with Crippen molar-refractivity contribution in [2.24, 2.45) is 0 Å². The van der Waals surface area contributed by atoms with Crippen LogP contribution in [0.3, 0.4) is 0 Å². The van der Waals surface area contributed by atoms with Gasteiger partial charge >= 0.3 is 0 Å². The lowest BCUT2D eigenvalue weighted by Crippen LogP contribution is -2.45. The first-order valence-electron chi connectivity index (χ1n) is 9.70. The Morgan fingerprint density at radius 2 is 1.97 bits per heavy atom. The molecule has 0 radical (unpaired) electrons. The summed E-state index contributed by atoms with van der Waals surface area (Å²) in [5.74, 6) is 0.706. The first kappa shape index (κ1) is 22.0. The van der Waals surface area contributed by atoms with Gasteiger partial charge in [0.25, 0.3) is 0 Å². The number of methoxy groups -OCH3 is 1. The molecular formula is C22H28N2O5S. The minimum absolute atomic E-state index is 0.279. The second kappa shape index (κ2) is 8.18. The minimum Gasteiger partial charge on any atom is -0.495 e. The standard InChI is InChI=1S/C22H28N2O5S/c1-15-10-11-20(28-4)18(12-15)24(30(5,26)27)14-21(25)23-17-13-22(2,3)29-19-9-7-6-8-16(17)19/h6-12,17H,13-14H2,1-5H3,(H,23,25)/t17-/m1/s1. The minimum atomic E-state index is -3.72. The number of aryl methyl sites for hydroxylation is 1. The summed E-state index contributed by atoms with van der Waals surface area (Å²) >= 11 is 0. The molecule has 2 aromatic rings. The van der Waals surface area contributed by atoms with Gasteiger partial charge in [-0.2, -0.15) is 0 Å². The summed E-state index contributed by atoms with van der Waals surface area (Å²) in [6.07, 6.45) is 1.65. The number of hydrogen-bond acceptors (Lipinski definition) is 5. The molecule has 3 rings (SSSR count). The van der Waals surface area contributed by atoms with E-state index >= 15 is 0 Å². The highest BCUT2D eigenvalue weighted by molar-refractivity contribution is 7.92. The zero-order valence-corrected chi connectivity index (χ0v) is 18.7. The summed E-state index contributed by atoms with van der Waals surface area (Å²) in [7, 11) is -2.25. The van der Waals surface area contributed by atoms with Crippen LogP contribution in [0.5, 0.6) is 11.5 Å². The summed E-state index contributed by atoms with van der Waals surface area (Å²) in [6, 6.07) is 12.5. The molecule has 0 spiro atoms. The van der Waals surface area contributed by atoms with E-state index in [-0.39, 0.29) is 12.6 Å². The zero-order chi connectivity index (χ0) is 22.1. The number of carbonyl (C=O) groups is 1. The number of benzene rings is 2. The van der Waals surface area contributed by atoms with E-state index in [1.807, 2.05) is 51.1 Å². The Morgan fingerprint density at radius 3 is 2.63 bits per heavy atom. The summed E-state index contributed by atoms with van der Waals surface area (Å²) in [5.41, 5.74) is 1.62. The maximum absolute atomic E-state index is 12.9. The van der Waals surface area contributed by atoms with E-state index < -0.39 is 21.5 Å². The van der Waals surface area contributed by atoms with Crippen molar-refractivity contribution in [3.05, 3.63) is 53.6 Å². The molecule has 0 saturated heterocycles. The van der Waals surface area contributed by atoms with E-state index in [1.165, 1.54) is 7.11 Å². The summed E-state index contributed by atoms with van der Waals surface area (Å²) in [5, 5.41) is 2.99. The fourth-order valence-corrected chi connectivity index (χ4v) is 4.53. The Labute approximate surface area is 178 Å². The molecule has 0 aromatic heterocycles. The van der Waals surface area contributed by atoms with Crippen LogP contribution in [0.25, 0.3) is 0 Å².